The smallest absolute Gasteiger partial charge is 0.0593 e. The molecule has 1 aliphatic rings. The van der Waals surface area contributed by atoms with Crippen molar-refractivity contribution in [2.24, 2.45) is 11.7 Å². The van der Waals surface area contributed by atoms with Gasteiger partial charge in [0.15, 0.2) is 0 Å². The Labute approximate surface area is 94.0 Å². The van der Waals surface area contributed by atoms with Gasteiger partial charge in [0.05, 0.1) is 6.61 Å². The number of nitrogens with zero attached hydrogens (tertiary/aromatic N) is 1. The van der Waals surface area contributed by atoms with Crippen molar-refractivity contribution < 1.29 is 4.74 Å². The van der Waals surface area contributed by atoms with Gasteiger partial charge in [-0.25, -0.2) is 0 Å². The van der Waals surface area contributed by atoms with Gasteiger partial charge in [-0.15, -0.1) is 0 Å². The molecule has 2 N–H and O–H groups in total. The summed E-state index contributed by atoms with van der Waals surface area (Å²) in [5, 5.41) is 0. The summed E-state index contributed by atoms with van der Waals surface area (Å²) < 4.78 is 5.61. The standard InChI is InChI=1S/C12H26N2O/c1-4-12(13)10(2)14(3)7-8-15-9-11-5-6-11/h10-12H,4-9,13H2,1-3H3. The van der Waals surface area contributed by atoms with Gasteiger partial charge >= 0.3 is 0 Å². The zero-order chi connectivity index (χ0) is 11.3. The van der Waals surface area contributed by atoms with E-state index in [9.17, 15) is 0 Å². The Morgan fingerprint density at radius 3 is 2.67 bits per heavy atom. The number of rotatable bonds is 8. The maximum atomic E-state index is 6.00. The molecular weight excluding hydrogens is 188 g/mol. The van der Waals surface area contributed by atoms with Gasteiger partial charge in [0.2, 0.25) is 0 Å². The van der Waals surface area contributed by atoms with Crippen LogP contribution in [0.15, 0.2) is 0 Å². The van der Waals surface area contributed by atoms with E-state index in [1.165, 1.54) is 12.8 Å². The lowest BCUT2D eigenvalue weighted by Crippen LogP contribution is -2.44. The average Bonchev–Trinajstić information content (AvgIpc) is 3.05. The van der Waals surface area contributed by atoms with Gasteiger partial charge in [-0.1, -0.05) is 6.92 Å². The second-order valence-corrected chi connectivity index (χ2v) is 4.81. The second-order valence-electron chi connectivity index (χ2n) is 4.81. The molecule has 0 spiro atoms. The molecule has 0 aromatic rings. The molecular formula is C12H26N2O. The third-order valence-corrected chi connectivity index (χ3v) is 3.43. The molecule has 2 unspecified atom stereocenters. The first-order valence-electron chi connectivity index (χ1n) is 6.18. The maximum Gasteiger partial charge on any atom is 0.0593 e. The third kappa shape index (κ3) is 4.96. The Bertz CT molecular complexity index is 171. The molecule has 1 fully saturated rings. The predicted octanol–water partition coefficient (Wildman–Crippen LogP) is 1.47. The molecule has 0 heterocycles. The molecule has 0 saturated heterocycles. The van der Waals surface area contributed by atoms with Gasteiger partial charge in [0.25, 0.3) is 0 Å². The molecule has 0 aliphatic heterocycles. The van der Waals surface area contributed by atoms with Gasteiger partial charge in [-0.2, -0.15) is 0 Å². The van der Waals surface area contributed by atoms with Crippen LogP contribution in [0.1, 0.15) is 33.1 Å². The number of hydrogen-bond donors (Lipinski definition) is 1. The van der Waals surface area contributed by atoms with Crippen molar-refractivity contribution in [1.29, 1.82) is 0 Å². The minimum atomic E-state index is 0.276. The van der Waals surface area contributed by atoms with Gasteiger partial charge in [0.1, 0.15) is 0 Å². The van der Waals surface area contributed by atoms with Crippen molar-refractivity contribution in [2.75, 3.05) is 26.8 Å². The van der Waals surface area contributed by atoms with Gasteiger partial charge < -0.3 is 10.5 Å². The number of nitrogens with two attached hydrogens (primary N) is 1. The van der Waals surface area contributed by atoms with E-state index in [1.54, 1.807) is 0 Å². The zero-order valence-corrected chi connectivity index (χ0v) is 10.4. The Kier molecular flexibility index (Phi) is 5.58. The van der Waals surface area contributed by atoms with Crippen molar-refractivity contribution in [1.82, 2.24) is 4.90 Å². The fraction of sp³-hybridized carbons (Fsp3) is 1.00. The molecule has 0 radical (unpaired) electrons. The summed E-state index contributed by atoms with van der Waals surface area (Å²) in [6.07, 6.45) is 3.77. The first kappa shape index (κ1) is 12.9. The molecule has 1 rings (SSSR count). The molecule has 1 saturated carbocycles. The van der Waals surface area contributed by atoms with E-state index in [4.69, 9.17) is 10.5 Å². The fourth-order valence-electron chi connectivity index (χ4n) is 1.61. The lowest BCUT2D eigenvalue weighted by molar-refractivity contribution is 0.0894. The lowest BCUT2D eigenvalue weighted by Gasteiger charge is -2.28. The Morgan fingerprint density at radius 1 is 1.47 bits per heavy atom. The second kappa shape index (κ2) is 6.46. The quantitative estimate of drug-likeness (QED) is 0.622. The molecule has 15 heavy (non-hydrogen) atoms. The minimum Gasteiger partial charge on any atom is -0.380 e. The van der Waals surface area contributed by atoms with Gasteiger partial charge in [-0.05, 0) is 39.2 Å². The highest BCUT2D eigenvalue weighted by Crippen LogP contribution is 2.28. The van der Waals surface area contributed by atoms with Crippen LogP contribution in [0.25, 0.3) is 0 Å². The summed E-state index contributed by atoms with van der Waals surface area (Å²) >= 11 is 0. The van der Waals surface area contributed by atoms with Crippen molar-refractivity contribution in [3.63, 3.8) is 0 Å². The molecule has 3 heteroatoms. The highest BCUT2D eigenvalue weighted by atomic mass is 16.5. The topological polar surface area (TPSA) is 38.5 Å². The average molecular weight is 214 g/mol. The van der Waals surface area contributed by atoms with E-state index in [2.05, 4.69) is 25.8 Å². The number of ether oxygens (including phenoxy) is 1. The van der Waals surface area contributed by atoms with Gasteiger partial charge in [0, 0.05) is 25.2 Å². The van der Waals surface area contributed by atoms with Crippen molar-refractivity contribution in [2.45, 2.75) is 45.2 Å². The summed E-state index contributed by atoms with van der Waals surface area (Å²) in [6.45, 7) is 7.12. The van der Waals surface area contributed by atoms with Crippen LogP contribution in [-0.2, 0) is 4.74 Å². The highest BCUT2D eigenvalue weighted by molar-refractivity contribution is 4.75. The van der Waals surface area contributed by atoms with Crippen molar-refractivity contribution in [3.8, 4) is 0 Å². The minimum absolute atomic E-state index is 0.276. The largest absolute Gasteiger partial charge is 0.380 e. The van der Waals surface area contributed by atoms with Gasteiger partial charge in [-0.3, -0.25) is 4.90 Å². The third-order valence-electron chi connectivity index (χ3n) is 3.43. The van der Waals surface area contributed by atoms with Crippen LogP contribution < -0.4 is 5.73 Å². The normalized spacial score (nSPS) is 20.6. The Balaban J connectivity index is 2.02. The Hall–Kier alpha value is -0.120. The van der Waals surface area contributed by atoms with E-state index >= 15 is 0 Å². The molecule has 3 nitrogen and oxygen atoms in total. The van der Waals surface area contributed by atoms with E-state index in [-0.39, 0.29) is 6.04 Å². The van der Waals surface area contributed by atoms with Crippen LogP contribution >= 0.6 is 0 Å². The predicted molar refractivity (Wildman–Crippen MR) is 63.9 cm³/mol. The monoisotopic (exact) mass is 214 g/mol. The van der Waals surface area contributed by atoms with E-state index in [0.717, 1.165) is 32.1 Å². The van der Waals surface area contributed by atoms with Crippen LogP contribution in [0.5, 0.6) is 0 Å². The van der Waals surface area contributed by atoms with Crippen LogP contribution in [0.3, 0.4) is 0 Å². The first-order valence-corrected chi connectivity index (χ1v) is 6.18. The van der Waals surface area contributed by atoms with Crippen molar-refractivity contribution in [3.05, 3.63) is 0 Å². The van der Waals surface area contributed by atoms with E-state index in [0.29, 0.717) is 6.04 Å². The molecule has 90 valence electrons. The summed E-state index contributed by atoms with van der Waals surface area (Å²) in [4.78, 5) is 2.29. The number of likely N-dealkylation sites (N-methyl/N-ethyl adjacent to an activating group) is 1. The molecule has 0 amide bonds. The molecule has 0 bridgehead atoms. The van der Waals surface area contributed by atoms with Crippen LogP contribution in [0.4, 0.5) is 0 Å². The maximum absolute atomic E-state index is 6.00. The molecule has 1 aliphatic carbocycles. The fourth-order valence-corrected chi connectivity index (χ4v) is 1.61. The van der Waals surface area contributed by atoms with Crippen LogP contribution in [0, 0.1) is 5.92 Å². The van der Waals surface area contributed by atoms with E-state index < -0.39 is 0 Å². The van der Waals surface area contributed by atoms with Crippen molar-refractivity contribution >= 4 is 0 Å². The summed E-state index contributed by atoms with van der Waals surface area (Å²) in [7, 11) is 2.13. The zero-order valence-electron chi connectivity index (χ0n) is 10.4. The summed E-state index contributed by atoms with van der Waals surface area (Å²) in [6, 6.07) is 0.720. The molecule has 0 aromatic carbocycles. The number of hydrogen-bond acceptors (Lipinski definition) is 3. The molecule has 2 atom stereocenters. The Morgan fingerprint density at radius 2 is 2.13 bits per heavy atom. The molecule has 0 aromatic heterocycles. The van der Waals surface area contributed by atoms with E-state index in [1.807, 2.05) is 0 Å². The SMILES string of the molecule is CCC(N)C(C)N(C)CCOCC1CC1. The highest BCUT2D eigenvalue weighted by Gasteiger charge is 2.21. The van der Waals surface area contributed by atoms with Crippen LogP contribution in [-0.4, -0.2) is 43.8 Å². The van der Waals surface area contributed by atoms with Crippen LogP contribution in [0.2, 0.25) is 0 Å². The summed E-state index contributed by atoms with van der Waals surface area (Å²) in [5.41, 5.74) is 6.00. The first-order chi connectivity index (χ1) is 7.15. The summed E-state index contributed by atoms with van der Waals surface area (Å²) in [5.74, 6) is 0.866. The lowest BCUT2D eigenvalue weighted by atomic mass is 10.1.